The summed E-state index contributed by atoms with van der Waals surface area (Å²) in [7, 11) is 2.24. The fourth-order valence-electron chi connectivity index (χ4n) is 1.97. The first-order valence-electron chi connectivity index (χ1n) is 5.97. The summed E-state index contributed by atoms with van der Waals surface area (Å²) in [5, 5.41) is 2.18. The maximum Gasteiger partial charge on any atom is 0.00484 e. The lowest BCUT2D eigenvalue weighted by atomic mass is 10.0. The molecule has 1 unspecified atom stereocenters. The van der Waals surface area contributed by atoms with Crippen molar-refractivity contribution < 1.29 is 0 Å². The summed E-state index contributed by atoms with van der Waals surface area (Å²) >= 11 is 1.89. The first kappa shape index (κ1) is 12.7. The molecule has 15 heavy (non-hydrogen) atoms. The molecular weight excluding hydrogens is 202 g/mol. The highest BCUT2D eigenvalue weighted by Crippen LogP contribution is 2.17. The van der Waals surface area contributed by atoms with Gasteiger partial charge in [0.1, 0.15) is 0 Å². The number of hydrogen-bond acceptors (Lipinski definition) is 2. The highest BCUT2D eigenvalue weighted by atomic mass is 32.1. The molecule has 1 aromatic heterocycles. The van der Waals surface area contributed by atoms with Crippen LogP contribution in [-0.2, 0) is 6.42 Å². The fraction of sp³-hybridized carbons (Fsp3) is 0.692. The highest BCUT2D eigenvalue weighted by Gasteiger charge is 2.10. The zero-order valence-corrected chi connectivity index (χ0v) is 11.0. The molecule has 1 rings (SSSR count). The third-order valence-corrected chi connectivity index (χ3v) is 3.72. The summed E-state index contributed by atoms with van der Waals surface area (Å²) in [6.45, 7) is 7.01. The van der Waals surface area contributed by atoms with Crippen LogP contribution in [0.4, 0.5) is 0 Å². The van der Waals surface area contributed by atoms with E-state index in [-0.39, 0.29) is 0 Å². The molecule has 0 aliphatic carbocycles. The van der Waals surface area contributed by atoms with Crippen LogP contribution in [0.15, 0.2) is 17.5 Å². The Morgan fingerprint density at radius 1 is 1.40 bits per heavy atom. The smallest absolute Gasteiger partial charge is 0.00484 e. The van der Waals surface area contributed by atoms with Crippen molar-refractivity contribution in [1.29, 1.82) is 0 Å². The predicted molar refractivity (Wildman–Crippen MR) is 69.6 cm³/mol. The first-order valence-corrected chi connectivity index (χ1v) is 6.85. The van der Waals surface area contributed by atoms with Gasteiger partial charge in [-0.25, -0.2) is 0 Å². The van der Waals surface area contributed by atoms with Gasteiger partial charge in [-0.1, -0.05) is 26.3 Å². The van der Waals surface area contributed by atoms with Gasteiger partial charge in [-0.05, 0) is 43.8 Å². The molecule has 0 aromatic carbocycles. The van der Waals surface area contributed by atoms with Gasteiger partial charge in [0.05, 0.1) is 0 Å². The van der Waals surface area contributed by atoms with Gasteiger partial charge in [-0.3, -0.25) is 0 Å². The summed E-state index contributed by atoms with van der Waals surface area (Å²) in [4.78, 5) is 3.99. The summed E-state index contributed by atoms with van der Waals surface area (Å²) in [5.74, 6) is 0.820. The SMILES string of the molecule is CCCN(C)CC(CC)Cc1cccs1. The molecule has 0 fully saturated rings. The van der Waals surface area contributed by atoms with Gasteiger partial charge >= 0.3 is 0 Å². The molecule has 1 nitrogen and oxygen atoms in total. The van der Waals surface area contributed by atoms with E-state index in [4.69, 9.17) is 0 Å². The second kappa shape index (κ2) is 7.02. The number of rotatable bonds is 7. The Kier molecular flexibility index (Phi) is 5.96. The maximum atomic E-state index is 2.46. The Bertz CT molecular complexity index is 243. The Hall–Kier alpha value is -0.340. The second-order valence-electron chi connectivity index (χ2n) is 4.32. The van der Waals surface area contributed by atoms with Crippen molar-refractivity contribution in [2.75, 3.05) is 20.1 Å². The summed E-state index contributed by atoms with van der Waals surface area (Å²) in [6.07, 6.45) is 3.79. The van der Waals surface area contributed by atoms with Crippen LogP contribution in [0.3, 0.4) is 0 Å². The topological polar surface area (TPSA) is 3.24 Å². The van der Waals surface area contributed by atoms with Crippen molar-refractivity contribution in [2.24, 2.45) is 5.92 Å². The van der Waals surface area contributed by atoms with Crippen molar-refractivity contribution in [3.8, 4) is 0 Å². The van der Waals surface area contributed by atoms with Gasteiger partial charge in [0, 0.05) is 11.4 Å². The predicted octanol–water partition coefficient (Wildman–Crippen LogP) is 3.66. The molecule has 0 radical (unpaired) electrons. The molecule has 0 aliphatic rings. The molecule has 1 aromatic rings. The molecule has 1 heterocycles. The fourth-order valence-corrected chi connectivity index (χ4v) is 2.79. The van der Waals surface area contributed by atoms with E-state index >= 15 is 0 Å². The molecule has 0 aliphatic heterocycles. The molecule has 0 saturated carbocycles. The summed E-state index contributed by atoms with van der Waals surface area (Å²) < 4.78 is 0. The van der Waals surface area contributed by atoms with E-state index in [2.05, 4.69) is 43.3 Å². The minimum atomic E-state index is 0.820. The number of hydrogen-bond donors (Lipinski definition) is 0. The largest absolute Gasteiger partial charge is 0.306 e. The van der Waals surface area contributed by atoms with Crippen molar-refractivity contribution in [2.45, 2.75) is 33.1 Å². The molecule has 1 atom stereocenters. The monoisotopic (exact) mass is 225 g/mol. The Labute approximate surface area is 98.1 Å². The lowest BCUT2D eigenvalue weighted by Crippen LogP contribution is -2.27. The second-order valence-corrected chi connectivity index (χ2v) is 5.35. The van der Waals surface area contributed by atoms with Crippen LogP contribution < -0.4 is 0 Å². The highest BCUT2D eigenvalue weighted by molar-refractivity contribution is 7.09. The molecule has 0 bridgehead atoms. The van der Waals surface area contributed by atoms with Crippen molar-refractivity contribution >= 4 is 11.3 Å². The molecule has 0 spiro atoms. The normalized spacial score (nSPS) is 13.3. The van der Waals surface area contributed by atoms with Gasteiger partial charge in [-0.15, -0.1) is 11.3 Å². The van der Waals surface area contributed by atoms with E-state index in [0.717, 1.165) is 5.92 Å². The van der Waals surface area contributed by atoms with Crippen LogP contribution in [0, 0.1) is 5.92 Å². The Morgan fingerprint density at radius 3 is 2.73 bits per heavy atom. The Balaban J connectivity index is 2.35. The average molecular weight is 225 g/mol. The van der Waals surface area contributed by atoms with E-state index in [9.17, 15) is 0 Å². The first-order chi connectivity index (χ1) is 7.26. The van der Waals surface area contributed by atoms with Crippen molar-refractivity contribution in [3.05, 3.63) is 22.4 Å². The minimum Gasteiger partial charge on any atom is -0.306 e. The number of nitrogens with zero attached hydrogens (tertiary/aromatic N) is 1. The van der Waals surface area contributed by atoms with Crippen LogP contribution >= 0.6 is 11.3 Å². The minimum absolute atomic E-state index is 0.820. The van der Waals surface area contributed by atoms with Gasteiger partial charge in [0.15, 0.2) is 0 Å². The van der Waals surface area contributed by atoms with Crippen LogP contribution in [0.2, 0.25) is 0 Å². The molecule has 0 amide bonds. The van der Waals surface area contributed by atoms with E-state index < -0.39 is 0 Å². The standard InChI is InChI=1S/C13H23NS/c1-4-8-14(3)11-12(5-2)10-13-7-6-9-15-13/h6-7,9,12H,4-5,8,10-11H2,1-3H3. The molecule has 2 heteroatoms. The maximum absolute atomic E-state index is 2.46. The molecular formula is C13H23NS. The van der Waals surface area contributed by atoms with Crippen molar-refractivity contribution in [3.63, 3.8) is 0 Å². The Morgan fingerprint density at radius 2 is 2.20 bits per heavy atom. The van der Waals surface area contributed by atoms with Gasteiger partial charge < -0.3 is 4.90 Å². The average Bonchev–Trinajstić information content (AvgIpc) is 2.70. The lowest BCUT2D eigenvalue weighted by Gasteiger charge is -2.22. The van der Waals surface area contributed by atoms with E-state index in [1.165, 1.54) is 37.2 Å². The third kappa shape index (κ3) is 4.80. The van der Waals surface area contributed by atoms with Gasteiger partial charge in [0.2, 0.25) is 0 Å². The van der Waals surface area contributed by atoms with Crippen molar-refractivity contribution in [1.82, 2.24) is 4.90 Å². The van der Waals surface area contributed by atoms with E-state index in [1.807, 2.05) is 11.3 Å². The molecule has 86 valence electrons. The zero-order valence-electron chi connectivity index (χ0n) is 10.2. The van der Waals surface area contributed by atoms with Gasteiger partial charge in [0.25, 0.3) is 0 Å². The molecule has 0 saturated heterocycles. The number of thiophene rings is 1. The van der Waals surface area contributed by atoms with E-state index in [1.54, 1.807) is 0 Å². The van der Waals surface area contributed by atoms with Crippen LogP contribution in [0.25, 0.3) is 0 Å². The van der Waals surface area contributed by atoms with Crippen LogP contribution in [-0.4, -0.2) is 25.0 Å². The van der Waals surface area contributed by atoms with Gasteiger partial charge in [-0.2, -0.15) is 0 Å². The quantitative estimate of drug-likeness (QED) is 0.684. The lowest BCUT2D eigenvalue weighted by molar-refractivity contribution is 0.271. The van der Waals surface area contributed by atoms with E-state index in [0.29, 0.717) is 0 Å². The van der Waals surface area contributed by atoms with Crippen LogP contribution in [0.5, 0.6) is 0 Å². The zero-order chi connectivity index (χ0) is 11.1. The summed E-state index contributed by atoms with van der Waals surface area (Å²) in [6, 6.07) is 4.41. The molecule has 0 N–H and O–H groups in total. The third-order valence-electron chi connectivity index (χ3n) is 2.82. The van der Waals surface area contributed by atoms with Crippen LogP contribution in [0.1, 0.15) is 31.6 Å². The summed E-state index contributed by atoms with van der Waals surface area (Å²) in [5.41, 5.74) is 0.